The van der Waals surface area contributed by atoms with Gasteiger partial charge in [0.05, 0.1) is 6.07 Å². The third-order valence-electron chi connectivity index (χ3n) is 4.61. The van der Waals surface area contributed by atoms with E-state index < -0.39 is 5.92 Å². The van der Waals surface area contributed by atoms with Crippen LogP contribution in [0.5, 0.6) is 0 Å². The van der Waals surface area contributed by atoms with E-state index in [0.29, 0.717) is 0 Å². The van der Waals surface area contributed by atoms with Crippen molar-refractivity contribution in [2.24, 2.45) is 5.92 Å². The lowest BCUT2D eigenvalue weighted by Crippen LogP contribution is -2.46. The lowest BCUT2D eigenvalue weighted by molar-refractivity contribution is -0.123. The van der Waals surface area contributed by atoms with Crippen LogP contribution in [0.4, 0.5) is 0 Å². The van der Waals surface area contributed by atoms with E-state index in [4.69, 9.17) is 0 Å². The molecule has 2 aromatic rings. The minimum absolute atomic E-state index is 0.164. The second-order valence-corrected chi connectivity index (χ2v) is 8.31. The van der Waals surface area contributed by atoms with Gasteiger partial charge in [-0.1, -0.05) is 12.1 Å². The predicted molar refractivity (Wildman–Crippen MR) is 101 cm³/mol. The first-order valence-electron chi connectivity index (χ1n) is 8.07. The summed E-state index contributed by atoms with van der Waals surface area (Å²) in [6.07, 6.45) is 2.15. The van der Waals surface area contributed by atoms with Crippen molar-refractivity contribution in [3.63, 3.8) is 0 Å². The van der Waals surface area contributed by atoms with Gasteiger partial charge in [0.25, 0.3) is 0 Å². The number of carbonyl (C=O) groups is 1. The molecule has 4 nitrogen and oxygen atoms in total. The third-order valence-corrected chi connectivity index (χ3v) is 6.39. The molecule has 1 N–H and O–H groups in total. The first kappa shape index (κ1) is 16.3. The highest BCUT2D eigenvalue weighted by molar-refractivity contribution is 7.10. The molecule has 2 aliphatic heterocycles. The number of nitrogens with one attached hydrogen (secondary N) is 1. The molecule has 0 radical (unpaired) electrons. The Labute approximate surface area is 154 Å². The summed E-state index contributed by atoms with van der Waals surface area (Å²) in [6, 6.07) is 10.3. The second kappa shape index (κ2) is 6.60. The van der Waals surface area contributed by atoms with Crippen molar-refractivity contribution in [3.8, 4) is 6.07 Å². The maximum absolute atomic E-state index is 12.6. The number of likely N-dealkylation sites (N-methyl/N-ethyl adjacent to an activating group) is 1. The summed E-state index contributed by atoms with van der Waals surface area (Å²) in [5.41, 5.74) is 3.17. The van der Waals surface area contributed by atoms with Gasteiger partial charge in [-0.2, -0.15) is 5.26 Å². The zero-order chi connectivity index (χ0) is 17.4. The molecule has 2 aromatic heterocycles. The topological polar surface area (TPSA) is 56.1 Å². The molecule has 0 bridgehead atoms. The van der Waals surface area contributed by atoms with Gasteiger partial charge in [0.15, 0.2) is 0 Å². The molecule has 126 valence electrons. The van der Waals surface area contributed by atoms with Crippen LogP contribution in [0, 0.1) is 17.2 Å². The molecule has 0 aromatic carbocycles. The van der Waals surface area contributed by atoms with E-state index in [1.54, 1.807) is 22.7 Å². The minimum Gasteiger partial charge on any atom is -0.325 e. The number of rotatable bonds is 2. The number of nitrogens with zero attached hydrogens (tertiary/aromatic N) is 2. The highest BCUT2D eigenvalue weighted by Crippen LogP contribution is 2.42. The molecule has 2 aliphatic rings. The van der Waals surface area contributed by atoms with Crippen molar-refractivity contribution in [1.29, 1.82) is 5.26 Å². The summed E-state index contributed by atoms with van der Waals surface area (Å²) in [7, 11) is 2.08. The average molecular weight is 367 g/mol. The summed E-state index contributed by atoms with van der Waals surface area (Å²) in [5.74, 6) is -1.03. The standard InChI is InChI=1S/C19H17N3OS2/c1-22-10-12(8-13-4-2-6-24-13)18-15(11-22)17(16-5-3-7-25-16)14(9-20)19(23)21-18/h2-8,14,17H,10-11H2,1H3,(H,21,23)/b12-8+. The first-order valence-corrected chi connectivity index (χ1v) is 9.83. The molecule has 0 spiro atoms. The Morgan fingerprint density at radius 3 is 2.76 bits per heavy atom. The summed E-state index contributed by atoms with van der Waals surface area (Å²) in [5, 5.41) is 16.7. The Hall–Kier alpha value is -2.20. The number of carbonyl (C=O) groups excluding carboxylic acids is 1. The van der Waals surface area contributed by atoms with Crippen LogP contribution >= 0.6 is 22.7 Å². The number of nitriles is 1. The lowest BCUT2D eigenvalue weighted by Gasteiger charge is -2.38. The van der Waals surface area contributed by atoms with Gasteiger partial charge in [-0.3, -0.25) is 9.69 Å². The number of hydrogen-bond acceptors (Lipinski definition) is 5. The highest BCUT2D eigenvalue weighted by atomic mass is 32.1. The monoisotopic (exact) mass is 367 g/mol. The summed E-state index contributed by atoms with van der Waals surface area (Å²) < 4.78 is 0. The maximum atomic E-state index is 12.6. The van der Waals surface area contributed by atoms with E-state index in [0.717, 1.165) is 34.8 Å². The molecule has 0 fully saturated rings. The molecule has 0 aliphatic carbocycles. The Bertz CT molecular complexity index is 888. The van der Waals surface area contributed by atoms with Crippen LogP contribution in [0.1, 0.15) is 15.7 Å². The van der Waals surface area contributed by atoms with E-state index in [-0.39, 0.29) is 11.8 Å². The van der Waals surface area contributed by atoms with Crippen molar-refractivity contribution in [3.05, 3.63) is 61.6 Å². The van der Waals surface area contributed by atoms with Crippen molar-refractivity contribution >= 4 is 34.7 Å². The van der Waals surface area contributed by atoms with Crippen LogP contribution < -0.4 is 5.32 Å². The fourth-order valence-electron chi connectivity index (χ4n) is 3.57. The molecule has 1 amide bonds. The molecule has 4 rings (SSSR count). The highest BCUT2D eigenvalue weighted by Gasteiger charge is 2.41. The molecular formula is C19H17N3OS2. The van der Waals surface area contributed by atoms with Crippen LogP contribution in [-0.2, 0) is 4.79 Å². The van der Waals surface area contributed by atoms with E-state index >= 15 is 0 Å². The fraction of sp³-hybridized carbons (Fsp3) is 0.263. The molecule has 25 heavy (non-hydrogen) atoms. The molecular weight excluding hydrogens is 350 g/mol. The van der Waals surface area contributed by atoms with Gasteiger partial charge < -0.3 is 5.32 Å². The SMILES string of the molecule is CN1CC2=C(NC(=O)C(C#N)C2c2cccs2)/C(=C/c2cccs2)C1. The lowest BCUT2D eigenvalue weighted by atomic mass is 9.78. The van der Waals surface area contributed by atoms with E-state index in [2.05, 4.69) is 35.5 Å². The van der Waals surface area contributed by atoms with Crippen LogP contribution in [-0.4, -0.2) is 30.9 Å². The van der Waals surface area contributed by atoms with Crippen LogP contribution in [0.25, 0.3) is 6.08 Å². The van der Waals surface area contributed by atoms with Gasteiger partial charge in [0, 0.05) is 34.5 Å². The van der Waals surface area contributed by atoms with Gasteiger partial charge in [-0.05, 0) is 47.2 Å². The Morgan fingerprint density at radius 1 is 1.28 bits per heavy atom. The molecule has 2 atom stereocenters. The first-order chi connectivity index (χ1) is 12.2. The van der Waals surface area contributed by atoms with E-state index in [9.17, 15) is 10.1 Å². The molecule has 4 heterocycles. The maximum Gasteiger partial charge on any atom is 0.242 e. The van der Waals surface area contributed by atoms with Crippen molar-refractivity contribution in [2.75, 3.05) is 20.1 Å². The van der Waals surface area contributed by atoms with Crippen molar-refractivity contribution in [1.82, 2.24) is 10.2 Å². The van der Waals surface area contributed by atoms with Crippen LogP contribution in [0.15, 0.2) is 51.9 Å². The number of hydrogen-bond donors (Lipinski definition) is 1. The van der Waals surface area contributed by atoms with Crippen molar-refractivity contribution in [2.45, 2.75) is 5.92 Å². The third kappa shape index (κ3) is 2.95. The number of thiophene rings is 2. The van der Waals surface area contributed by atoms with Gasteiger partial charge in [-0.25, -0.2) is 0 Å². The summed E-state index contributed by atoms with van der Waals surface area (Å²) >= 11 is 3.29. The molecule has 0 saturated carbocycles. The van der Waals surface area contributed by atoms with E-state index in [1.165, 1.54) is 4.88 Å². The van der Waals surface area contributed by atoms with Crippen LogP contribution in [0.3, 0.4) is 0 Å². The molecule has 2 unspecified atom stereocenters. The van der Waals surface area contributed by atoms with Crippen molar-refractivity contribution < 1.29 is 4.79 Å². The summed E-state index contributed by atoms with van der Waals surface area (Å²) in [6.45, 7) is 1.55. The zero-order valence-corrected chi connectivity index (χ0v) is 15.4. The normalized spacial score (nSPS) is 25.6. The van der Waals surface area contributed by atoms with Gasteiger partial charge >= 0.3 is 0 Å². The zero-order valence-electron chi connectivity index (χ0n) is 13.7. The fourth-order valence-corrected chi connectivity index (χ4v) is 5.15. The van der Waals surface area contributed by atoms with E-state index in [1.807, 2.05) is 29.0 Å². The minimum atomic E-state index is -0.674. The summed E-state index contributed by atoms with van der Waals surface area (Å²) in [4.78, 5) is 17.1. The Kier molecular flexibility index (Phi) is 4.30. The quantitative estimate of drug-likeness (QED) is 0.884. The molecule has 6 heteroatoms. The second-order valence-electron chi connectivity index (χ2n) is 6.35. The Morgan fingerprint density at radius 2 is 2.08 bits per heavy atom. The molecule has 0 saturated heterocycles. The number of amides is 1. The smallest absolute Gasteiger partial charge is 0.242 e. The predicted octanol–water partition coefficient (Wildman–Crippen LogP) is 3.45. The van der Waals surface area contributed by atoms with Gasteiger partial charge in [0.1, 0.15) is 5.92 Å². The van der Waals surface area contributed by atoms with Crippen LogP contribution in [0.2, 0.25) is 0 Å². The largest absolute Gasteiger partial charge is 0.325 e. The van der Waals surface area contributed by atoms with Gasteiger partial charge in [0.2, 0.25) is 5.91 Å². The van der Waals surface area contributed by atoms with Gasteiger partial charge in [-0.15, -0.1) is 22.7 Å². The average Bonchev–Trinajstić information content (AvgIpc) is 3.28. The Balaban J connectivity index is 1.86.